The van der Waals surface area contributed by atoms with Gasteiger partial charge in [0.15, 0.2) is 0 Å². The zero-order chi connectivity index (χ0) is 21.0. The van der Waals surface area contributed by atoms with E-state index in [9.17, 15) is 13.2 Å². The van der Waals surface area contributed by atoms with Crippen LogP contribution < -0.4 is 5.32 Å². The van der Waals surface area contributed by atoms with Crippen molar-refractivity contribution in [1.82, 2.24) is 9.62 Å². The van der Waals surface area contributed by atoms with E-state index in [1.807, 2.05) is 31.2 Å². The molecule has 0 radical (unpaired) electrons. The van der Waals surface area contributed by atoms with Gasteiger partial charge in [0, 0.05) is 19.0 Å². The van der Waals surface area contributed by atoms with Gasteiger partial charge >= 0.3 is 0 Å². The van der Waals surface area contributed by atoms with Crippen molar-refractivity contribution in [2.45, 2.75) is 51.0 Å². The Morgan fingerprint density at radius 2 is 1.69 bits per heavy atom. The summed E-state index contributed by atoms with van der Waals surface area (Å²) < 4.78 is 27.2. The van der Waals surface area contributed by atoms with Gasteiger partial charge in [-0.25, -0.2) is 8.42 Å². The van der Waals surface area contributed by atoms with E-state index in [-0.39, 0.29) is 17.9 Å². The van der Waals surface area contributed by atoms with Gasteiger partial charge in [0.25, 0.3) is 0 Å². The van der Waals surface area contributed by atoms with Crippen molar-refractivity contribution in [2.75, 3.05) is 13.1 Å². The van der Waals surface area contributed by atoms with Crippen LogP contribution in [0.25, 0.3) is 0 Å². The SMILES string of the molecule is CC[C@@H](NC(=O)C1CCN(S(=O)(=O)c2ccc(C)cc2)CC1)c1ccccc1C. The molecule has 2 aromatic carbocycles. The van der Waals surface area contributed by atoms with Gasteiger partial charge in [0.2, 0.25) is 15.9 Å². The van der Waals surface area contributed by atoms with Crippen molar-refractivity contribution in [3.63, 3.8) is 0 Å². The summed E-state index contributed by atoms with van der Waals surface area (Å²) in [6.45, 7) is 6.79. The molecular formula is C23H30N2O3S. The smallest absolute Gasteiger partial charge is 0.243 e. The van der Waals surface area contributed by atoms with Crippen molar-refractivity contribution in [2.24, 2.45) is 5.92 Å². The molecule has 1 aliphatic heterocycles. The minimum atomic E-state index is -3.50. The standard InChI is InChI=1S/C23H30N2O3S/c1-4-22(21-8-6-5-7-18(21)3)24-23(26)19-13-15-25(16-14-19)29(27,28)20-11-9-17(2)10-12-20/h5-12,19,22H,4,13-16H2,1-3H3,(H,24,26)/t22-/m1/s1. The molecule has 3 rings (SSSR count). The second-order valence-corrected chi connectivity index (χ2v) is 9.76. The summed E-state index contributed by atoms with van der Waals surface area (Å²) in [5, 5.41) is 3.18. The lowest BCUT2D eigenvalue weighted by molar-refractivity contribution is -0.126. The number of nitrogens with one attached hydrogen (secondary N) is 1. The molecule has 1 amide bonds. The van der Waals surface area contributed by atoms with Crippen molar-refractivity contribution >= 4 is 15.9 Å². The first-order valence-electron chi connectivity index (χ1n) is 10.3. The van der Waals surface area contributed by atoms with Gasteiger partial charge in [-0.3, -0.25) is 4.79 Å². The molecular weight excluding hydrogens is 384 g/mol. The predicted octanol–water partition coefficient (Wildman–Crippen LogP) is 3.97. The van der Waals surface area contributed by atoms with Crippen LogP contribution in [0.2, 0.25) is 0 Å². The summed E-state index contributed by atoms with van der Waals surface area (Å²) in [7, 11) is -3.50. The van der Waals surface area contributed by atoms with Gasteiger partial charge < -0.3 is 5.32 Å². The van der Waals surface area contributed by atoms with Crippen molar-refractivity contribution in [3.05, 3.63) is 65.2 Å². The monoisotopic (exact) mass is 414 g/mol. The summed E-state index contributed by atoms with van der Waals surface area (Å²) in [6, 6.07) is 15.0. The lowest BCUT2D eigenvalue weighted by atomic mass is 9.94. The van der Waals surface area contributed by atoms with Gasteiger partial charge in [-0.15, -0.1) is 0 Å². The van der Waals surface area contributed by atoms with Gasteiger partial charge in [0.1, 0.15) is 0 Å². The van der Waals surface area contributed by atoms with E-state index in [1.54, 1.807) is 12.1 Å². The number of hydrogen-bond acceptors (Lipinski definition) is 3. The summed E-state index contributed by atoms with van der Waals surface area (Å²) in [4.78, 5) is 13.2. The third-order valence-corrected chi connectivity index (χ3v) is 7.68. The van der Waals surface area contributed by atoms with Gasteiger partial charge in [-0.2, -0.15) is 4.31 Å². The Bertz CT molecular complexity index is 946. The van der Waals surface area contributed by atoms with E-state index in [0.717, 1.165) is 17.5 Å². The van der Waals surface area contributed by atoms with Gasteiger partial charge in [-0.1, -0.05) is 48.9 Å². The summed E-state index contributed by atoms with van der Waals surface area (Å²) in [5.74, 6) is -0.134. The zero-order valence-electron chi connectivity index (χ0n) is 17.4. The zero-order valence-corrected chi connectivity index (χ0v) is 18.2. The second-order valence-electron chi connectivity index (χ2n) is 7.82. The van der Waals surface area contributed by atoms with Crippen molar-refractivity contribution < 1.29 is 13.2 Å². The normalized spacial score (nSPS) is 17.1. The first-order valence-corrected chi connectivity index (χ1v) is 11.7. The average molecular weight is 415 g/mol. The van der Waals surface area contributed by atoms with Crippen LogP contribution in [0.5, 0.6) is 0 Å². The fourth-order valence-electron chi connectivity index (χ4n) is 3.88. The first-order chi connectivity index (χ1) is 13.8. The number of hydrogen-bond donors (Lipinski definition) is 1. The summed E-state index contributed by atoms with van der Waals surface area (Å²) in [5.41, 5.74) is 3.33. The molecule has 0 bridgehead atoms. The first kappa shape index (κ1) is 21.5. The Hall–Kier alpha value is -2.18. The van der Waals surface area contributed by atoms with Crippen LogP contribution in [-0.2, 0) is 14.8 Å². The van der Waals surface area contributed by atoms with Crippen molar-refractivity contribution in [1.29, 1.82) is 0 Å². The summed E-state index contributed by atoms with van der Waals surface area (Å²) in [6.07, 6.45) is 1.90. The molecule has 0 saturated carbocycles. The number of sulfonamides is 1. The molecule has 0 unspecified atom stereocenters. The fraction of sp³-hybridized carbons (Fsp3) is 0.435. The van der Waals surface area contributed by atoms with Crippen LogP contribution in [-0.4, -0.2) is 31.7 Å². The van der Waals surface area contributed by atoms with E-state index in [4.69, 9.17) is 0 Å². The number of amides is 1. The van der Waals surface area contributed by atoms with Crippen LogP contribution in [0.3, 0.4) is 0 Å². The number of benzene rings is 2. The summed E-state index contributed by atoms with van der Waals surface area (Å²) >= 11 is 0. The molecule has 1 fully saturated rings. The number of piperidine rings is 1. The largest absolute Gasteiger partial charge is 0.349 e. The average Bonchev–Trinajstić information content (AvgIpc) is 2.73. The second kappa shape index (κ2) is 9.09. The maximum absolute atomic E-state index is 12.8. The molecule has 2 aromatic rings. The molecule has 1 atom stereocenters. The van der Waals surface area contributed by atoms with Gasteiger partial charge in [0.05, 0.1) is 10.9 Å². The quantitative estimate of drug-likeness (QED) is 0.778. The van der Waals surface area contributed by atoms with E-state index in [2.05, 4.69) is 31.3 Å². The Kier molecular flexibility index (Phi) is 6.75. The lowest BCUT2D eigenvalue weighted by Gasteiger charge is -2.31. The van der Waals surface area contributed by atoms with Crippen LogP contribution in [0.1, 0.15) is 48.9 Å². The molecule has 1 N–H and O–H groups in total. The maximum Gasteiger partial charge on any atom is 0.243 e. The molecule has 29 heavy (non-hydrogen) atoms. The number of rotatable bonds is 6. The number of carbonyl (C=O) groups is 1. The van der Waals surface area contributed by atoms with E-state index >= 15 is 0 Å². The third kappa shape index (κ3) is 4.87. The highest BCUT2D eigenvalue weighted by Gasteiger charge is 2.32. The molecule has 6 heteroatoms. The van der Waals surface area contributed by atoms with Crippen molar-refractivity contribution in [3.8, 4) is 0 Å². The number of aryl methyl sites for hydroxylation is 2. The molecule has 0 aromatic heterocycles. The van der Waals surface area contributed by atoms with Crippen LogP contribution in [0, 0.1) is 19.8 Å². The Morgan fingerprint density at radius 3 is 2.28 bits per heavy atom. The third-order valence-electron chi connectivity index (χ3n) is 5.77. The molecule has 0 spiro atoms. The maximum atomic E-state index is 12.8. The molecule has 0 aliphatic carbocycles. The molecule has 1 saturated heterocycles. The van der Waals surface area contributed by atoms with Crippen LogP contribution >= 0.6 is 0 Å². The minimum absolute atomic E-state index is 0.0157. The molecule has 1 aliphatic rings. The Morgan fingerprint density at radius 1 is 1.07 bits per heavy atom. The minimum Gasteiger partial charge on any atom is -0.349 e. The molecule has 5 nitrogen and oxygen atoms in total. The van der Waals surface area contributed by atoms with E-state index in [1.165, 1.54) is 9.87 Å². The molecule has 1 heterocycles. The van der Waals surface area contributed by atoms with Crippen LogP contribution in [0.15, 0.2) is 53.4 Å². The fourth-order valence-corrected chi connectivity index (χ4v) is 5.35. The van der Waals surface area contributed by atoms with E-state index in [0.29, 0.717) is 30.8 Å². The Balaban J connectivity index is 1.62. The number of carbonyl (C=O) groups excluding carboxylic acids is 1. The highest BCUT2D eigenvalue weighted by atomic mass is 32.2. The van der Waals surface area contributed by atoms with E-state index < -0.39 is 10.0 Å². The highest BCUT2D eigenvalue weighted by Crippen LogP contribution is 2.26. The predicted molar refractivity (Wildman–Crippen MR) is 115 cm³/mol. The number of nitrogens with zero attached hydrogens (tertiary/aromatic N) is 1. The lowest BCUT2D eigenvalue weighted by Crippen LogP contribution is -2.43. The molecule has 156 valence electrons. The van der Waals surface area contributed by atoms with Crippen LogP contribution in [0.4, 0.5) is 0 Å². The van der Waals surface area contributed by atoms with Gasteiger partial charge in [-0.05, 0) is 56.4 Å². The topological polar surface area (TPSA) is 66.5 Å². The Labute approximate surface area is 174 Å². The highest BCUT2D eigenvalue weighted by molar-refractivity contribution is 7.89.